The zero-order chi connectivity index (χ0) is 25.6. The number of hydrogen-bond donors (Lipinski definition) is 3. The van der Waals surface area contributed by atoms with Crippen molar-refractivity contribution >= 4 is 23.4 Å². The number of carbonyl (C=O) groups excluding carboxylic acids is 1. The number of nitrogens with zero attached hydrogens (tertiary/aromatic N) is 6. The number of rotatable bonds is 8. The molecule has 0 saturated carbocycles. The Hall–Kier alpha value is -4.51. The Morgan fingerprint density at radius 1 is 1.34 bits per heavy atom. The Morgan fingerprint density at radius 2 is 2.11 bits per heavy atom. The van der Waals surface area contributed by atoms with Gasteiger partial charge in [0.15, 0.2) is 0 Å². The molecular formula is C21H18F4N9O+. The van der Waals surface area contributed by atoms with Gasteiger partial charge in [0.1, 0.15) is 24.3 Å². The van der Waals surface area contributed by atoms with E-state index in [-0.39, 0.29) is 28.1 Å². The van der Waals surface area contributed by atoms with Gasteiger partial charge in [0, 0.05) is 24.5 Å². The molecule has 0 aliphatic heterocycles. The summed E-state index contributed by atoms with van der Waals surface area (Å²) in [5.41, 5.74) is -1.53. The van der Waals surface area contributed by atoms with Gasteiger partial charge in [-0.1, -0.05) is 6.07 Å². The highest BCUT2D eigenvalue weighted by Crippen LogP contribution is 2.28. The zero-order valence-corrected chi connectivity index (χ0v) is 18.1. The summed E-state index contributed by atoms with van der Waals surface area (Å²) >= 11 is 0. The lowest BCUT2D eigenvalue weighted by molar-refractivity contribution is -0.605. The SMILES string of the molecule is Cn1nnnc1C[NH2+]/C=C(\C=N)c1c(F)cc(NC(=O)Cc2cccc(C(F)(F)F)n2)cc1C#N. The molecule has 0 bridgehead atoms. The first-order valence-electron chi connectivity index (χ1n) is 9.94. The first kappa shape index (κ1) is 25.1. The molecule has 1 aromatic carbocycles. The molecule has 4 N–H and O–H groups in total. The number of aromatic nitrogens is 5. The molecule has 0 radical (unpaired) electrons. The molecule has 35 heavy (non-hydrogen) atoms. The van der Waals surface area contributed by atoms with E-state index in [9.17, 15) is 27.6 Å². The van der Waals surface area contributed by atoms with Crippen LogP contribution in [0.4, 0.5) is 23.2 Å². The number of quaternary nitrogens is 1. The molecule has 3 rings (SSSR count). The van der Waals surface area contributed by atoms with Crippen molar-refractivity contribution in [2.24, 2.45) is 7.05 Å². The number of hydrogen-bond acceptors (Lipinski definition) is 7. The summed E-state index contributed by atoms with van der Waals surface area (Å²) in [6.07, 6.45) is -2.83. The second-order valence-corrected chi connectivity index (χ2v) is 7.15. The zero-order valence-electron chi connectivity index (χ0n) is 18.1. The second-order valence-electron chi connectivity index (χ2n) is 7.15. The highest BCUT2D eigenvalue weighted by molar-refractivity contribution is 6.09. The molecule has 0 saturated heterocycles. The minimum atomic E-state index is -4.66. The lowest BCUT2D eigenvalue weighted by Crippen LogP contribution is -2.76. The maximum Gasteiger partial charge on any atom is 0.433 e. The van der Waals surface area contributed by atoms with Gasteiger partial charge in [0.25, 0.3) is 0 Å². The highest BCUT2D eigenvalue weighted by Gasteiger charge is 2.32. The van der Waals surface area contributed by atoms with Crippen molar-refractivity contribution in [1.82, 2.24) is 25.2 Å². The minimum absolute atomic E-state index is 0.0711. The van der Waals surface area contributed by atoms with E-state index >= 15 is 0 Å². The van der Waals surface area contributed by atoms with E-state index in [1.165, 1.54) is 23.0 Å². The first-order valence-corrected chi connectivity index (χ1v) is 9.94. The number of anilines is 1. The third-order valence-electron chi connectivity index (χ3n) is 4.68. The Bertz CT molecular complexity index is 1330. The van der Waals surface area contributed by atoms with Crippen molar-refractivity contribution in [2.45, 2.75) is 19.1 Å². The molecular weight excluding hydrogens is 470 g/mol. The summed E-state index contributed by atoms with van der Waals surface area (Å²) in [4.78, 5) is 15.7. The fraction of sp³-hybridized carbons (Fsp3) is 0.190. The second kappa shape index (κ2) is 10.6. The van der Waals surface area contributed by atoms with E-state index in [0.717, 1.165) is 24.4 Å². The number of alkyl halides is 3. The summed E-state index contributed by atoms with van der Waals surface area (Å²) in [6, 6.07) is 7.16. The molecule has 0 spiro atoms. The molecule has 0 aliphatic rings. The predicted octanol–water partition coefficient (Wildman–Crippen LogP) is 1.57. The predicted molar refractivity (Wildman–Crippen MR) is 114 cm³/mol. The molecule has 0 unspecified atom stereocenters. The lowest BCUT2D eigenvalue weighted by Gasteiger charge is -2.11. The van der Waals surface area contributed by atoms with E-state index in [1.807, 2.05) is 6.07 Å². The molecule has 0 aliphatic carbocycles. The molecule has 1 amide bonds. The molecule has 0 fully saturated rings. The van der Waals surface area contributed by atoms with Crippen LogP contribution >= 0.6 is 0 Å². The molecule has 2 aromatic heterocycles. The Labute approximate surface area is 195 Å². The summed E-state index contributed by atoms with van der Waals surface area (Å²) in [5, 5.41) is 32.1. The van der Waals surface area contributed by atoms with Crippen LogP contribution < -0.4 is 10.6 Å². The van der Waals surface area contributed by atoms with Crippen LogP contribution in [0.15, 0.2) is 36.5 Å². The maximum absolute atomic E-state index is 14.9. The molecule has 10 nitrogen and oxygen atoms in total. The van der Waals surface area contributed by atoms with Gasteiger partial charge in [-0.25, -0.2) is 14.1 Å². The van der Waals surface area contributed by atoms with Gasteiger partial charge in [-0.3, -0.25) is 4.79 Å². The van der Waals surface area contributed by atoms with Gasteiger partial charge >= 0.3 is 6.18 Å². The Kier molecular flexibility index (Phi) is 7.62. The fourth-order valence-electron chi connectivity index (χ4n) is 3.08. The summed E-state index contributed by atoms with van der Waals surface area (Å²) in [5.74, 6) is -1.10. The summed E-state index contributed by atoms with van der Waals surface area (Å²) in [7, 11) is 1.65. The monoisotopic (exact) mass is 488 g/mol. The van der Waals surface area contributed by atoms with Crippen LogP contribution in [0.5, 0.6) is 0 Å². The number of nitriles is 1. The number of nitrogens with one attached hydrogen (secondary N) is 2. The molecule has 3 aromatic rings. The van der Waals surface area contributed by atoms with Gasteiger partial charge in [-0.2, -0.15) is 18.4 Å². The Morgan fingerprint density at radius 3 is 2.74 bits per heavy atom. The topological polar surface area (TPSA) is 150 Å². The third kappa shape index (κ3) is 6.30. The van der Waals surface area contributed by atoms with E-state index in [2.05, 4.69) is 25.8 Å². The van der Waals surface area contributed by atoms with Crippen molar-refractivity contribution < 1.29 is 27.7 Å². The van der Waals surface area contributed by atoms with E-state index in [1.54, 1.807) is 12.4 Å². The lowest BCUT2D eigenvalue weighted by atomic mass is 10.00. The molecule has 180 valence electrons. The van der Waals surface area contributed by atoms with Gasteiger partial charge in [0.2, 0.25) is 11.7 Å². The van der Waals surface area contributed by atoms with Gasteiger partial charge in [-0.05, 0) is 34.7 Å². The van der Waals surface area contributed by atoms with Crippen LogP contribution in [0.2, 0.25) is 0 Å². The normalized spacial score (nSPS) is 11.7. The van der Waals surface area contributed by atoms with E-state index < -0.39 is 30.0 Å². The number of benzene rings is 1. The van der Waals surface area contributed by atoms with Gasteiger partial charge in [0.05, 0.1) is 29.3 Å². The van der Waals surface area contributed by atoms with Crippen LogP contribution in [-0.4, -0.2) is 37.3 Å². The summed E-state index contributed by atoms with van der Waals surface area (Å²) in [6.45, 7) is 0.294. The van der Waals surface area contributed by atoms with Crippen LogP contribution in [0.1, 0.15) is 28.3 Å². The number of aryl methyl sites for hydroxylation is 1. The number of halogens is 4. The van der Waals surface area contributed by atoms with Crippen LogP contribution in [-0.2, 0) is 31.0 Å². The Balaban J connectivity index is 1.77. The first-order chi connectivity index (χ1) is 16.6. The highest BCUT2D eigenvalue weighted by atomic mass is 19.4. The average molecular weight is 488 g/mol. The van der Waals surface area contributed by atoms with Crippen LogP contribution in [0, 0.1) is 22.6 Å². The van der Waals surface area contributed by atoms with Gasteiger partial charge < -0.3 is 16.0 Å². The van der Waals surface area contributed by atoms with Crippen molar-refractivity contribution in [1.29, 1.82) is 10.7 Å². The van der Waals surface area contributed by atoms with Crippen LogP contribution in [0.25, 0.3) is 5.57 Å². The number of tetrazole rings is 1. The number of amides is 1. The van der Waals surface area contributed by atoms with Gasteiger partial charge in [-0.15, -0.1) is 5.10 Å². The smallest absolute Gasteiger partial charge is 0.326 e. The number of carbonyl (C=O) groups is 1. The largest absolute Gasteiger partial charge is 0.433 e. The van der Waals surface area contributed by atoms with Crippen molar-refractivity contribution in [3.8, 4) is 6.07 Å². The number of nitrogens with two attached hydrogens (primary N) is 1. The quantitative estimate of drug-likeness (QED) is 0.324. The standard InChI is InChI=1S/C21H17F4N9O/c1-34-18(31-32-33-34)11-28-10-13(9-27)20-12(8-26)5-15(6-16(20)22)30-19(35)7-14-3-2-4-17(29-14)21(23,24)25/h2-6,9-10,27-28H,7,11H2,1H3,(H,30,35)/p+1/b13-10+,27-9?. The molecule has 2 heterocycles. The van der Waals surface area contributed by atoms with Crippen molar-refractivity contribution in [3.05, 3.63) is 70.7 Å². The van der Waals surface area contributed by atoms with Crippen molar-refractivity contribution in [2.75, 3.05) is 5.32 Å². The average Bonchev–Trinajstić information content (AvgIpc) is 3.21. The molecule has 0 atom stereocenters. The van der Waals surface area contributed by atoms with Crippen molar-refractivity contribution in [3.63, 3.8) is 0 Å². The number of pyridine rings is 1. The van der Waals surface area contributed by atoms with Crippen LogP contribution in [0.3, 0.4) is 0 Å². The fourth-order valence-corrected chi connectivity index (χ4v) is 3.08. The maximum atomic E-state index is 14.9. The number of allylic oxidation sites excluding steroid dienone is 1. The minimum Gasteiger partial charge on any atom is -0.326 e. The third-order valence-corrected chi connectivity index (χ3v) is 4.68. The molecule has 14 heteroatoms. The van der Waals surface area contributed by atoms with E-state index in [0.29, 0.717) is 12.4 Å². The van der Waals surface area contributed by atoms with E-state index in [4.69, 9.17) is 5.41 Å². The summed E-state index contributed by atoms with van der Waals surface area (Å²) < 4.78 is 54.8.